The highest BCUT2D eigenvalue weighted by Crippen LogP contribution is 2.22. The number of carbonyl (C=O) groups excluding carboxylic acids is 1. The average Bonchev–Trinajstić information content (AvgIpc) is 2.73. The number of nitrogens with one attached hydrogen (secondary N) is 2. The topological polar surface area (TPSA) is 158 Å². The fourth-order valence-electron chi connectivity index (χ4n) is 4.22. The number of aliphatic imine (C=N–C) groups is 1. The molecule has 0 unspecified atom stereocenters. The number of nitrogens with two attached hydrogens (primary N) is 2. The van der Waals surface area contributed by atoms with Gasteiger partial charge in [-0.3, -0.25) is 9.79 Å². The number of nitrogens with zero attached hydrogens (tertiary/aromatic N) is 1. The van der Waals surface area contributed by atoms with Crippen molar-refractivity contribution in [1.82, 2.24) is 10.0 Å². The highest BCUT2D eigenvalue weighted by Gasteiger charge is 2.32. The van der Waals surface area contributed by atoms with Crippen molar-refractivity contribution in [2.75, 3.05) is 19.8 Å². The molecule has 0 bridgehead atoms. The first-order valence-electron chi connectivity index (χ1n) is 12.5. The Morgan fingerprint density at radius 3 is 2.08 bits per heavy atom. The van der Waals surface area contributed by atoms with E-state index in [2.05, 4.69) is 15.0 Å². The van der Waals surface area contributed by atoms with Gasteiger partial charge in [-0.15, -0.1) is 0 Å². The molecule has 1 aromatic rings. The molecular formula is C25H45N5O5S. The Morgan fingerprint density at radius 2 is 1.61 bits per heavy atom. The van der Waals surface area contributed by atoms with Gasteiger partial charge in [-0.1, -0.05) is 31.5 Å². The van der Waals surface area contributed by atoms with E-state index in [1.807, 2.05) is 46.8 Å². The molecule has 1 amide bonds. The van der Waals surface area contributed by atoms with Crippen molar-refractivity contribution in [3.63, 3.8) is 0 Å². The van der Waals surface area contributed by atoms with E-state index < -0.39 is 34.3 Å². The summed E-state index contributed by atoms with van der Waals surface area (Å²) in [5, 5.41) is 2.98. The average molecular weight is 528 g/mol. The molecule has 0 saturated heterocycles. The maximum atomic E-state index is 13.5. The second-order valence-corrected chi connectivity index (χ2v) is 11.0. The lowest BCUT2D eigenvalue weighted by Crippen LogP contribution is -2.54. The SMILES string of the molecule is CCOC(OCC)[C@H](CC(C)C)NC(=O)[C@H](CCCN=C(N)N)NS(=O)(=O)c1c(C)cc(C)cc1C. The Morgan fingerprint density at radius 1 is 1.06 bits per heavy atom. The molecule has 10 nitrogen and oxygen atoms in total. The van der Waals surface area contributed by atoms with E-state index in [-0.39, 0.29) is 29.7 Å². The van der Waals surface area contributed by atoms with Crippen LogP contribution >= 0.6 is 0 Å². The van der Waals surface area contributed by atoms with E-state index in [1.54, 1.807) is 13.8 Å². The summed E-state index contributed by atoms with van der Waals surface area (Å²) in [6.07, 6.45) is 0.556. The van der Waals surface area contributed by atoms with Crippen LogP contribution in [0, 0.1) is 26.7 Å². The van der Waals surface area contributed by atoms with Crippen molar-refractivity contribution in [3.05, 3.63) is 28.8 Å². The maximum absolute atomic E-state index is 13.5. The van der Waals surface area contributed by atoms with Crippen molar-refractivity contribution in [1.29, 1.82) is 0 Å². The first-order chi connectivity index (χ1) is 16.8. The molecule has 206 valence electrons. The van der Waals surface area contributed by atoms with Crippen molar-refractivity contribution >= 4 is 21.9 Å². The molecule has 0 aliphatic heterocycles. The van der Waals surface area contributed by atoms with Crippen molar-refractivity contribution < 1.29 is 22.7 Å². The van der Waals surface area contributed by atoms with Gasteiger partial charge in [-0.05, 0) is 70.9 Å². The zero-order valence-corrected chi connectivity index (χ0v) is 23.6. The molecule has 11 heteroatoms. The number of amides is 1. The molecule has 0 spiro atoms. The fraction of sp³-hybridized carbons (Fsp3) is 0.680. The predicted octanol–water partition coefficient (Wildman–Crippen LogP) is 2.24. The summed E-state index contributed by atoms with van der Waals surface area (Å²) in [5.74, 6) is -0.273. The van der Waals surface area contributed by atoms with Crippen LogP contribution in [0.5, 0.6) is 0 Å². The standard InChI is InChI=1S/C25H45N5O5S/c1-8-34-24(35-9-2)21(13-16(3)4)29-23(31)20(11-10-12-28-25(26)27)30-36(32,33)22-18(6)14-17(5)15-19(22)7/h14-16,20-21,24,30H,8-13H2,1-7H3,(H,29,31)(H4,26,27,28)/t20-,21-/m0/s1. The predicted molar refractivity (Wildman–Crippen MR) is 143 cm³/mol. The number of aryl methyl sites for hydroxylation is 3. The molecule has 0 fully saturated rings. The van der Waals surface area contributed by atoms with Crippen molar-refractivity contribution in [2.45, 2.75) is 91.0 Å². The Hall–Kier alpha value is -2.21. The van der Waals surface area contributed by atoms with Crippen molar-refractivity contribution in [3.8, 4) is 0 Å². The lowest BCUT2D eigenvalue weighted by molar-refractivity contribution is -0.161. The van der Waals surface area contributed by atoms with Gasteiger partial charge in [-0.25, -0.2) is 8.42 Å². The van der Waals surface area contributed by atoms with E-state index >= 15 is 0 Å². The summed E-state index contributed by atoms with van der Waals surface area (Å²) in [6, 6.07) is 2.12. The molecule has 0 aliphatic rings. The Kier molecular flexibility index (Phi) is 13.4. The van der Waals surface area contributed by atoms with Gasteiger partial charge in [0.1, 0.15) is 6.04 Å². The molecule has 0 radical (unpaired) electrons. The van der Waals surface area contributed by atoms with Crippen LogP contribution in [-0.2, 0) is 24.3 Å². The van der Waals surface area contributed by atoms with Gasteiger partial charge in [0.05, 0.1) is 10.9 Å². The number of guanidine groups is 1. The third-order valence-corrected chi connectivity index (χ3v) is 7.25. The fourth-order valence-corrected chi connectivity index (χ4v) is 5.91. The normalized spacial score (nSPS) is 13.6. The van der Waals surface area contributed by atoms with Crippen LogP contribution in [-0.4, -0.2) is 58.4 Å². The van der Waals surface area contributed by atoms with Crippen LogP contribution in [0.3, 0.4) is 0 Å². The van der Waals surface area contributed by atoms with Gasteiger partial charge in [0.2, 0.25) is 15.9 Å². The van der Waals surface area contributed by atoms with Crippen molar-refractivity contribution in [2.24, 2.45) is 22.4 Å². The third kappa shape index (κ3) is 10.4. The molecule has 0 aliphatic carbocycles. The molecule has 6 N–H and O–H groups in total. The second kappa shape index (κ2) is 15.1. The lowest BCUT2D eigenvalue weighted by Gasteiger charge is -2.30. The molecule has 0 aromatic heterocycles. The van der Waals surface area contributed by atoms with Gasteiger partial charge in [0.15, 0.2) is 12.2 Å². The van der Waals surface area contributed by atoms with Gasteiger partial charge < -0.3 is 26.3 Å². The van der Waals surface area contributed by atoms with E-state index in [0.29, 0.717) is 37.2 Å². The number of carbonyl (C=O) groups is 1. The molecule has 0 saturated carbocycles. The Bertz CT molecular complexity index is 948. The second-order valence-electron chi connectivity index (χ2n) is 9.37. The minimum absolute atomic E-state index is 0.0595. The molecule has 2 atom stereocenters. The summed E-state index contributed by atoms with van der Waals surface area (Å²) in [5.41, 5.74) is 13.0. The van der Waals surface area contributed by atoms with Crippen LogP contribution in [0.25, 0.3) is 0 Å². The van der Waals surface area contributed by atoms with Gasteiger partial charge >= 0.3 is 0 Å². The van der Waals surface area contributed by atoms with Crippen LogP contribution in [0.2, 0.25) is 0 Å². The van der Waals surface area contributed by atoms with E-state index in [1.165, 1.54) is 0 Å². The smallest absolute Gasteiger partial charge is 0.241 e. The zero-order chi connectivity index (χ0) is 27.5. The number of ether oxygens (including phenoxy) is 2. The lowest BCUT2D eigenvalue weighted by atomic mass is 10.0. The molecule has 36 heavy (non-hydrogen) atoms. The zero-order valence-electron chi connectivity index (χ0n) is 22.8. The number of benzene rings is 1. The maximum Gasteiger partial charge on any atom is 0.241 e. The summed E-state index contributed by atoms with van der Waals surface area (Å²) < 4.78 is 41.0. The Balaban J connectivity index is 3.27. The minimum Gasteiger partial charge on any atom is -0.370 e. The van der Waals surface area contributed by atoms with E-state index in [0.717, 1.165) is 5.56 Å². The van der Waals surface area contributed by atoms with Crippen LogP contribution < -0.4 is 21.5 Å². The molecule has 1 rings (SSSR count). The summed E-state index contributed by atoms with van der Waals surface area (Å²) >= 11 is 0. The quantitative estimate of drug-likeness (QED) is 0.111. The van der Waals surface area contributed by atoms with Gasteiger partial charge in [0.25, 0.3) is 0 Å². The van der Waals surface area contributed by atoms with Gasteiger partial charge in [-0.2, -0.15) is 4.72 Å². The summed E-state index contributed by atoms with van der Waals surface area (Å²) in [6.45, 7) is 14.3. The third-order valence-electron chi connectivity index (χ3n) is 5.48. The molecular weight excluding hydrogens is 482 g/mol. The number of hydrogen-bond acceptors (Lipinski definition) is 6. The first-order valence-corrected chi connectivity index (χ1v) is 14.0. The number of hydrogen-bond donors (Lipinski definition) is 4. The van der Waals surface area contributed by atoms with E-state index in [9.17, 15) is 13.2 Å². The highest BCUT2D eigenvalue weighted by molar-refractivity contribution is 7.89. The number of rotatable bonds is 16. The van der Waals surface area contributed by atoms with Crippen LogP contribution in [0.1, 0.15) is 63.6 Å². The summed E-state index contributed by atoms with van der Waals surface area (Å²) in [7, 11) is -3.99. The first kappa shape index (κ1) is 31.8. The monoisotopic (exact) mass is 527 g/mol. The number of sulfonamides is 1. The highest BCUT2D eigenvalue weighted by atomic mass is 32.2. The van der Waals surface area contributed by atoms with Crippen LogP contribution in [0.4, 0.5) is 0 Å². The summed E-state index contributed by atoms with van der Waals surface area (Å²) in [4.78, 5) is 17.6. The Labute approximate surface area is 216 Å². The molecule has 0 heterocycles. The van der Waals surface area contributed by atoms with Gasteiger partial charge in [0, 0.05) is 19.8 Å². The largest absolute Gasteiger partial charge is 0.370 e. The van der Waals surface area contributed by atoms with Crippen LogP contribution in [0.15, 0.2) is 22.0 Å². The van der Waals surface area contributed by atoms with E-state index in [4.69, 9.17) is 20.9 Å². The minimum atomic E-state index is -3.99. The molecule has 1 aromatic carbocycles.